The molecule has 0 spiro atoms. The second kappa shape index (κ2) is 7.80. The van der Waals surface area contributed by atoms with Crippen molar-refractivity contribution in [2.24, 2.45) is 0 Å². The average molecular weight is 288 g/mol. The number of nitrogens with zero attached hydrogens (tertiary/aromatic N) is 2. The number of methoxy groups -OCH3 is 1. The molecule has 4 heteroatoms. The molecule has 1 aromatic carbocycles. The van der Waals surface area contributed by atoms with E-state index >= 15 is 0 Å². The molecule has 2 rings (SSSR count). The Labute approximate surface area is 124 Å². The first-order valence-electron chi connectivity index (χ1n) is 6.80. The van der Waals surface area contributed by atoms with Crippen LogP contribution < -0.4 is 4.74 Å². The molecule has 0 fully saturated rings. The molecule has 20 heavy (non-hydrogen) atoms. The van der Waals surface area contributed by atoms with Crippen molar-refractivity contribution in [3.8, 4) is 5.75 Å². The minimum Gasteiger partial charge on any atom is -0.496 e. The minimum absolute atomic E-state index is 0.878. The summed E-state index contributed by atoms with van der Waals surface area (Å²) in [5.41, 5.74) is 2.18. The van der Waals surface area contributed by atoms with Crippen molar-refractivity contribution >= 4 is 17.5 Å². The van der Waals surface area contributed by atoms with E-state index in [1.807, 2.05) is 47.1 Å². The number of para-hydroxylation sites is 1. The van der Waals surface area contributed by atoms with Crippen LogP contribution in [0.3, 0.4) is 0 Å². The van der Waals surface area contributed by atoms with Crippen molar-refractivity contribution in [3.63, 3.8) is 0 Å². The van der Waals surface area contributed by atoms with Gasteiger partial charge >= 0.3 is 0 Å². The molecule has 0 atom stereocenters. The van der Waals surface area contributed by atoms with Gasteiger partial charge in [-0.1, -0.05) is 25.5 Å². The first kappa shape index (κ1) is 14.7. The normalized spacial score (nSPS) is 11.6. The molecular formula is C16H20N2OS. The van der Waals surface area contributed by atoms with Gasteiger partial charge in [0.15, 0.2) is 0 Å². The van der Waals surface area contributed by atoms with E-state index in [4.69, 9.17) is 4.74 Å². The summed E-state index contributed by atoms with van der Waals surface area (Å²) in [5, 5.41) is 2.19. The molecule has 0 aliphatic heterocycles. The lowest BCUT2D eigenvalue weighted by atomic mass is 10.1. The Morgan fingerprint density at radius 3 is 2.95 bits per heavy atom. The predicted molar refractivity (Wildman–Crippen MR) is 86.0 cm³/mol. The Hall–Kier alpha value is -1.68. The molecule has 1 heterocycles. The van der Waals surface area contributed by atoms with Crippen LogP contribution in [0.1, 0.15) is 25.3 Å². The first-order valence-corrected chi connectivity index (χ1v) is 7.85. The second-order valence-electron chi connectivity index (χ2n) is 4.40. The maximum absolute atomic E-state index is 5.47. The van der Waals surface area contributed by atoms with Gasteiger partial charge < -0.3 is 9.30 Å². The van der Waals surface area contributed by atoms with Gasteiger partial charge in [0.1, 0.15) is 5.75 Å². The van der Waals surface area contributed by atoms with E-state index in [-0.39, 0.29) is 0 Å². The highest BCUT2D eigenvalue weighted by atomic mass is 32.2. The van der Waals surface area contributed by atoms with Crippen LogP contribution in [0.2, 0.25) is 0 Å². The van der Waals surface area contributed by atoms with Crippen LogP contribution in [0.5, 0.6) is 5.75 Å². The average Bonchev–Trinajstić information content (AvgIpc) is 3.01. The smallest absolute Gasteiger partial charge is 0.128 e. The molecular weight excluding hydrogens is 268 g/mol. The van der Waals surface area contributed by atoms with Crippen LogP contribution >= 0.6 is 11.8 Å². The standard InChI is InChI=1S/C16H20N2OS/c1-3-4-11-20-12-15(18-10-9-17-13-18)14-7-5-6-8-16(14)19-2/h5-10,12-13H,3-4,11H2,1-2H3/b15-12+. The van der Waals surface area contributed by atoms with Crippen molar-refractivity contribution in [1.82, 2.24) is 9.55 Å². The quantitative estimate of drug-likeness (QED) is 0.712. The van der Waals surface area contributed by atoms with Gasteiger partial charge in [-0.15, -0.1) is 11.8 Å². The first-order chi connectivity index (χ1) is 9.86. The van der Waals surface area contributed by atoms with Crippen molar-refractivity contribution in [2.45, 2.75) is 19.8 Å². The van der Waals surface area contributed by atoms with Crippen molar-refractivity contribution < 1.29 is 4.74 Å². The van der Waals surface area contributed by atoms with Gasteiger partial charge in [0, 0.05) is 18.0 Å². The van der Waals surface area contributed by atoms with E-state index in [1.54, 1.807) is 13.3 Å². The van der Waals surface area contributed by atoms with Gasteiger partial charge in [0.25, 0.3) is 0 Å². The van der Waals surface area contributed by atoms with E-state index in [0.717, 1.165) is 22.8 Å². The van der Waals surface area contributed by atoms with Gasteiger partial charge in [-0.25, -0.2) is 4.98 Å². The third-order valence-corrected chi connectivity index (χ3v) is 3.89. The lowest BCUT2D eigenvalue weighted by Gasteiger charge is -2.13. The molecule has 106 valence electrons. The van der Waals surface area contributed by atoms with Gasteiger partial charge in [0.05, 0.1) is 19.1 Å². The predicted octanol–water partition coefficient (Wildman–Crippen LogP) is 4.27. The lowest BCUT2D eigenvalue weighted by Crippen LogP contribution is -1.98. The van der Waals surface area contributed by atoms with Gasteiger partial charge in [-0.2, -0.15) is 0 Å². The Balaban J connectivity index is 2.31. The number of hydrogen-bond acceptors (Lipinski definition) is 3. The highest BCUT2D eigenvalue weighted by Crippen LogP contribution is 2.29. The van der Waals surface area contributed by atoms with E-state index in [1.165, 1.54) is 12.8 Å². The fraction of sp³-hybridized carbons (Fsp3) is 0.312. The number of unbranched alkanes of at least 4 members (excludes halogenated alkanes) is 1. The molecule has 2 aromatic rings. The number of ether oxygens (including phenoxy) is 1. The van der Waals surface area contributed by atoms with E-state index in [2.05, 4.69) is 23.4 Å². The van der Waals surface area contributed by atoms with E-state index < -0.39 is 0 Å². The molecule has 0 unspecified atom stereocenters. The molecule has 0 amide bonds. The molecule has 0 N–H and O–H groups in total. The van der Waals surface area contributed by atoms with Gasteiger partial charge in [0.2, 0.25) is 0 Å². The number of hydrogen-bond donors (Lipinski definition) is 0. The molecule has 0 saturated heterocycles. The Morgan fingerprint density at radius 2 is 2.25 bits per heavy atom. The summed E-state index contributed by atoms with van der Waals surface area (Å²) in [5.74, 6) is 2.01. The van der Waals surface area contributed by atoms with E-state index in [0.29, 0.717) is 0 Å². The van der Waals surface area contributed by atoms with Gasteiger partial charge in [-0.3, -0.25) is 0 Å². The fourth-order valence-electron chi connectivity index (χ4n) is 1.89. The molecule has 0 aliphatic carbocycles. The Bertz CT molecular complexity index is 549. The summed E-state index contributed by atoms with van der Waals surface area (Å²) >= 11 is 1.83. The van der Waals surface area contributed by atoms with Crippen LogP contribution in [0.15, 0.2) is 48.4 Å². The van der Waals surface area contributed by atoms with Crippen molar-refractivity contribution in [1.29, 1.82) is 0 Å². The number of aromatic nitrogens is 2. The number of rotatable bonds is 7. The SMILES string of the molecule is CCCCS/C=C(\c1ccccc1OC)n1ccnc1. The van der Waals surface area contributed by atoms with Crippen molar-refractivity contribution in [3.05, 3.63) is 54.0 Å². The zero-order chi connectivity index (χ0) is 14.2. The summed E-state index contributed by atoms with van der Waals surface area (Å²) in [6.07, 6.45) is 8.01. The monoisotopic (exact) mass is 288 g/mol. The number of thioether (sulfide) groups is 1. The second-order valence-corrected chi connectivity index (χ2v) is 5.37. The third-order valence-electron chi connectivity index (χ3n) is 2.98. The van der Waals surface area contributed by atoms with Crippen LogP contribution in [0, 0.1) is 0 Å². The summed E-state index contributed by atoms with van der Waals surface area (Å²) in [4.78, 5) is 4.14. The lowest BCUT2D eigenvalue weighted by molar-refractivity contribution is 0.413. The van der Waals surface area contributed by atoms with E-state index in [9.17, 15) is 0 Å². The maximum atomic E-state index is 5.47. The molecule has 0 saturated carbocycles. The largest absolute Gasteiger partial charge is 0.496 e. The summed E-state index contributed by atoms with van der Waals surface area (Å²) in [7, 11) is 1.70. The molecule has 0 aliphatic rings. The highest BCUT2D eigenvalue weighted by Gasteiger charge is 2.09. The summed E-state index contributed by atoms with van der Waals surface area (Å²) < 4.78 is 7.49. The third kappa shape index (κ3) is 3.67. The molecule has 0 radical (unpaired) electrons. The van der Waals surface area contributed by atoms with Crippen molar-refractivity contribution in [2.75, 3.05) is 12.9 Å². The molecule has 3 nitrogen and oxygen atoms in total. The fourth-order valence-corrected chi connectivity index (χ4v) is 2.87. The topological polar surface area (TPSA) is 27.1 Å². The number of benzene rings is 1. The van der Waals surface area contributed by atoms with Crippen LogP contribution in [0.25, 0.3) is 5.70 Å². The number of imidazole rings is 1. The summed E-state index contributed by atoms with van der Waals surface area (Å²) in [6.45, 7) is 2.21. The molecule has 0 bridgehead atoms. The van der Waals surface area contributed by atoms with Crippen LogP contribution in [-0.2, 0) is 0 Å². The summed E-state index contributed by atoms with van der Waals surface area (Å²) in [6, 6.07) is 8.07. The Morgan fingerprint density at radius 1 is 1.40 bits per heavy atom. The highest BCUT2D eigenvalue weighted by molar-refractivity contribution is 8.02. The zero-order valence-corrected chi connectivity index (χ0v) is 12.8. The van der Waals surface area contributed by atoms with Crippen LogP contribution in [-0.4, -0.2) is 22.4 Å². The Kier molecular flexibility index (Phi) is 5.74. The maximum Gasteiger partial charge on any atom is 0.128 e. The minimum atomic E-state index is 0.878. The zero-order valence-electron chi connectivity index (χ0n) is 12.0. The van der Waals surface area contributed by atoms with Crippen LogP contribution in [0.4, 0.5) is 0 Å². The molecule has 1 aromatic heterocycles. The van der Waals surface area contributed by atoms with Gasteiger partial charge in [-0.05, 0) is 29.7 Å².